The van der Waals surface area contributed by atoms with Gasteiger partial charge in [-0.05, 0) is 49.7 Å². The van der Waals surface area contributed by atoms with Crippen molar-refractivity contribution >= 4 is 16.8 Å². The molecule has 0 spiro atoms. The second kappa shape index (κ2) is 6.80. The lowest BCUT2D eigenvalue weighted by atomic mass is 10.1. The zero-order valence-electron chi connectivity index (χ0n) is 14.5. The first-order valence-electron chi connectivity index (χ1n) is 8.90. The Balaban J connectivity index is 1.70. The Morgan fingerprint density at radius 2 is 2.00 bits per heavy atom. The Morgan fingerprint density at radius 3 is 2.73 bits per heavy atom. The van der Waals surface area contributed by atoms with Gasteiger partial charge in [0.05, 0.1) is 11.3 Å². The SMILES string of the molecule is NC(=O)c1[c]cc(-c2cc3c(CN4CCCCC4)cccc3[nH]2)c(=O)[nH]1. The van der Waals surface area contributed by atoms with E-state index in [0.29, 0.717) is 11.3 Å². The van der Waals surface area contributed by atoms with Crippen LogP contribution in [0.5, 0.6) is 0 Å². The molecule has 0 bridgehead atoms. The highest BCUT2D eigenvalue weighted by molar-refractivity contribution is 5.91. The van der Waals surface area contributed by atoms with E-state index in [9.17, 15) is 9.59 Å². The van der Waals surface area contributed by atoms with Crippen molar-refractivity contribution in [1.29, 1.82) is 0 Å². The number of amides is 1. The van der Waals surface area contributed by atoms with Crippen LogP contribution in [0.25, 0.3) is 22.2 Å². The number of rotatable bonds is 4. The average molecular weight is 349 g/mol. The Kier molecular flexibility index (Phi) is 4.34. The highest BCUT2D eigenvalue weighted by atomic mass is 16.1. The number of nitrogens with two attached hydrogens (primary N) is 1. The number of fused-ring (bicyclic) bond motifs is 1. The molecule has 0 aliphatic carbocycles. The lowest BCUT2D eigenvalue weighted by Gasteiger charge is -2.26. The number of hydrogen-bond donors (Lipinski definition) is 3. The lowest BCUT2D eigenvalue weighted by molar-refractivity contribution is 0.0995. The number of piperidine rings is 1. The van der Waals surface area contributed by atoms with Crippen LogP contribution in [0.1, 0.15) is 35.3 Å². The smallest absolute Gasteiger partial charge is 0.265 e. The minimum absolute atomic E-state index is 0.0133. The zero-order chi connectivity index (χ0) is 18.1. The van der Waals surface area contributed by atoms with Gasteiger partial charge in [-0.25, -0.2) is 0 Å². The van der Waals surface area contributed by atoms with E-state index in [-0.39, 0.29) is 11.3 Å². The first kappa shape index (κ1) is 16.6. The van der Waals surface area contributed by atoms with Crippen LogP contribution in [0.3, 0.4) is 0 Å². The van der Waals surface area contributed by atoms with Crippen molar-refractivity contribution in [2.75, 3.05) is 13.1 Å². The van der Waals surface area contributed by atoms with Crippen LogP contribution >= 0.6 is 0 Å². The van der Waals surface area contributed by atoms with Gasteiger partial charge in [-0.1, -0.05) is 18.6 Å². The van der Waals surface area contributed by atoms with E-state index in [1.807, 2.05) is 18.2 Å². The Bertz CT molecular complexity index is 1010. The number of carbonyl (C=O) groups is 1. The highest BCUT2D eigenvalue weighted by Crippen LogP contribution is 2.26. The van der Waals surface area contributed by atoms with Gasteiger partial charge < -0.3 is 15.7 Å². The van der Waals surface area contributed by atoms with Gasteiger partial charge in [-0.3, -0.25) is 14.5 Å². The van der Waals surface area contributed by atoms with Gasteiger partial charge in [0.2, 0.25) is 0 Å². The second-order valence-electron chi connectivity index (χ2n) is 6.79. The van der Waals surface area contributed by atoms with Crippen molar-refractivity contribution in [2.24, 2.45) is 5.73 Å². The van der Waals surface area contributed by atoms with Gasteiger partial charge >= 0.3 is 0 Å². The van der Waals surface area contributed by atoms with E-state index < -0.39 is 5.91 Å². The molecule has 6 heteroatoms. The number of nitrogens with zero attached hydrogens (tertiary/aromatic N) is 1. The average Bonchev–Trinajstić information content (AvgIpc) is 3.07. The Labute approximate surface area is 151 Å². The molecule has 4 rings (SSSR count). The molecule has 0 atom stereocenters. The first-order valence-corrected chi connectivity index (χ1v) is 8.90. The van der Waals surface area contributed by atoms with Crippen LogP contribution in [0.2, 0.25) is 0 Å². The molecule has 6 nitrogen and oxygen atoms in total. The van der Waals surface area contributed by atoms with Crippen LogP contribution in [0, 0.1) is 6.07 Å². The number of nitrogens with one attached hydrogen (secondary N) is 2. The summed E-state index contributed by atoms with van der Waals surface area (Å²) < 4.78 is 0. The third-order valence-corrected chi connectivity index (χ3v) is 4.98. The number of aromatic amines is 2. The minimum Gasteiger partial charge on any atom is -0.364 e. The van der Waals surface area contributed by atoms with Crippen molar-refractivity contribution < 1.29 is 4.79 Å². The summed E-state index contributed by atoms with van der Waals surface area (Å²) in [5, 5.41) is 1.12. The molecule has 1 radical (unpaired) electrons. The van der Waals surface area contributed by atoms with Gasteiger partial charge in [0.25, 0.3) is 11.5 Å². The fourth-order valence-electron chi connectivity index (χ4n) is 3.62. The molecule has 1 aliphatic heterocycles. The molecule has 26 heavy (non-hydrogen) atoms. The molecule has 133 valence electrons. The van der Waals surface area contributed by atoms with Gasteiger partial charge in [-0.2, -0.15) is 0 Å². The second-order valence-corrected chi connectivity index (χ2v) is 6.79. The summed E-state index contributed by atoms with van der Waals surface area (Å²) >= 11 is 0. The van der Waals surface area contributed by atoms with Gasteiger partial charge in [-0.15, -0.1) is 0 Å². The van der Waals surface area contributed by atoms with Crippen molar-refractivity contribution in [1.82, 2.24) is 14.9 Å². The minimum atomic E-state index is -0.700. The molecule has 1 saturated heterocycles. The largest absolute Gasteiger partial charge is 0.364 e. The van der Waals surface area contributed by atoms with Gasteiger partial charge in [0.1, 0.15) is 5.69 Å². The fourth-order valence-corrected chi connectivity index (χ4v) is 3.62. The standard InChI is InChI=1S/C20H21N4O2/c21-19(25)17-8-7-14(20(26)23-17)18-11-15-13(5-4-6-16(15)22-18)12-24-9-2-1-3-10-24/h4-7,11,22H,1-3,9-10,12H2,(H2,21,25)(H,23,26). The number of carbonyl (C=O) groups excluding carboxylic acids is 1. The van der Waals surface area contributed by atoms with Gasteiger partial charge in [0.15, 0.2) is 0 Å². The number of pyridine rings is 1. The quantitative estimate of drug-likeness (QED) is 0.675. The molecular formula is C20H21N4O2. The topological polar surface area (TPSA) is 95.0 Å². The van der Waals surface area contributed by atoms with E-state index in [1.54, 1.807) is 0 Å². The number of aromatic nitrogens is 2. The number of likely N-dealkylation sites (tertiary alicyclic amines) is 1. The van der Waals surface area contributed by atoms with Crippen molar-refractivity contribution in [3.63, 3.8) is 0 Å². The van der Waals surface area contributed by atoms with Crippen LogP contribution in [0.4, 0.5) is 0 Å². The number of benzene rings is 1. The molecule has 1 amide bonds. The summed E-state index contributed by atoms with van der Waals surface area (Å²) in [5.74, 6) is -0.700. The van der Waals surface area contributed by atoms with E-state index in [2.05, 4.69) is 27.0 Å². The van der Waals surface area contributed by atoms with E-state index in [4.69, 9.17) is 5.73 Å². The Hall–Kier alpha value is -2.86. The maximum absolute atomic E-state index is 12.3. The lowest BCUT2D eigenvalue weighted by Crippen LogP contribution is -2.29. The summed E-state index contributed by atoms with van der Waals surface area (Å²) in [6.07, 6.45) is 3.83. The first-order chi connectivity index (χ1) is 12.6. The molecular weight excluding hydrogens is 328 g/mol. The van der Waals surface area contributed by atoms with Crippen LogP contribution in [0.15, 0.2) is 35.1 Å². The summed E-state index contributed by atoms with van der Waals surface area (Å²) in [4.78, 5) is 31.8. The maximum Gasteiger partial charge on any atom is 0.265 e. The third kappa shape index (κ3) is 3.15. The number of hydrogen-bond acceptors (Lipinski definition) is 3. The molecule has 4 N–H and O–H groups in total. The highest BCUT2D eigenvalue weighted by Gasteiger charge is 2.15. The van der Waals surface area contributed by atoms with E-state index in [0.717, 1.165) is 30.5 Å². The zero-order valence-corrected chi connectivity index (χ0v) is 14.5. The maximum atomic E-state index is 12.3. The third-order valence-electron chi connectivity index (χ3n) is 4.98. The molecule has 3 heterocycles. The Morgan fingerprint density at radius 1 is 1.19 bits per heavy atom. The van der Waals surface area contributed by atoms with Crippen molar-refractivity contribution in [2.45, 2.75) is 25.8 Å². The molecule has 1 aromatic carbocycles. The summed E-state index contributed by atoms with van der Waals surface area (Å²) in [6, 6.07) is 12.4. The van der Waals surface area contributed by atoms with Crippen LogP contribution in [-0.2, 0) is 6.54 Å². The predicted octanol–water partition coefficient (Wildman–Crippen LogP) is 2.41. The summed E-state index contributed by atoms with van der Waals surface area (Å²) in [5.41, 5.74) is 8.21. The van der Waals surface area contributed by atoms with Crippen LogP contribution in [-0.4, -0.2) is 33.9 Å². The van der Waals surface area contributed by atoms with E-state index >= 15 is 0 Å². The fraction of sp³-hybridized carbons (Fsp3) is 0.300. The monoisotopic (exact) mass is 349 g/mol. The molecule has 0 saturated carbocycles. The van der Waals surface area contributed by atoms with Crippen molar-refractivity contribution in [3.05, 3.63) is 58.0 Å². The number of H-pyrrole nitrogens is 2. The van der Waals surface area contributed by atoms with Crippen molar-refractivity contribution in [3.8, 4) is 11.3 Å². The van der Waals surface area contributed by atoms with E-state index in [1.165, 1.54) is 30.9 Å². The normalized spacial score (nSPS) is 15.4. The van der Waals surface area contributed by atoms with Gasteiger partial charge in [0, 0.05) is 23.5 Å². The summed E-state index contributed by atoms with van der Waals surface area (Å²) in [7, 11) is 0. The molecule has 1 aliphatic rings. The van der Waals surface area contributed by atoms with Crippen LogP contribution < -0.4 is 11.3 Å². The summed E-state index contributed by atoms with van der Waals surface area (Å²) in [6.45, 7) is 3.19. The molecule has 3 aromatic rings. The number of primary amides is 1. The molecule has 1 fully saturated rings. The molecule has 2 aromatic heterocycles. The molecule has 0 unspecified atom stereocenters. The predicted molar refractivity (Wildman–Crippen MR) is 101 cm³/mol.